The van der Waals surface area contributed by atoms with Crippen LogP contribution in [-0.2, 0) is 6.18 Å². The Kier molecular flexibility index (Phi) is 5.32. The first-order valence-corrected chi connectivity index (χ1v) is 8.08. The molecule has 3 N–H and O–H groups in total. The highest BCUT2D eigenvalue weighted by Gasteiger charge is 2.31. The molecule has 10 heteroatoms. The fourth-order valence-electron chi connectivity index (χ4n) is 2.48. The first-order chi connectivity index (χ1) is 13.8. The highest BCUT2D eigenvalue weighted by Crippen LogP contribution is 2.32. The molecule has 7 nitrogen and oxygen atoms in total. The maximum absolute atomic E-state index is 12.8. The number of hydrazone groups is 1. The number of aromatic hydroxyl groups is 1. The van der Waals surface area contributed by atoms with Crippen LogP contribution in [0.4, 0.5) is 19.1 Å². The van der Waals surface area contributed by atoms with Crippen molar-refractivity contribution in [3.05, 3.63) is 75.6 Å². The lowest BCUT2D eigenvalue weighted by molar-refractivity contribution is -0.137. The maximum atomic E-state index is 12.8. The van der Waals surface area contributed by atoms with E-state index in [-0.39, 0.29) is 22.8 Å². The summed E-state index contributed by atoms with van der Waals surface area (Å²) in [6.07, 6.45) is -3.60. The summed E-state index contributed by atoms with van der Waals surface area (Å²) in [4.78, 5) is 18.6. The van der Waals surface area contributed by atoms with Gasteiger partial charge in [-0.05, 0) is 23.8 Å². The molecular weight excluding hydrogens is 387 g/mol. The molecule has 0 radical (unpaired) electrons. The van der Waals surface area contributed by atoms with Crippen molar-refractivity contribution in [2.24, 2.45) is 5.10 Å². The van der Waals surface area contributed by atoms with Crippen LogP contribution >= 0.6 is 0 Å². The molecule has 0 amide bonds. The van der Waals surface area contributed by atoms with Gasteiger partial charge in [0, 0.05) is 5.56 Å². The molecule has 0 aliphatic rings. The van der Waals surface area contributed by atoms with E-state index in [0.717, 1.165) is 18.3 Å². The number of phenols is 1. The molecule has 29 heavy (non-hydrogen) atoms. The van der Waals surface area contributed by atoms with Crippen molar-refractivity contribution in [2.45, 2.75) is 6.18 Å². The van der Waals surface area contributed by atoms with Gasteiger partial charge >= 0.3 is 6.18 Å². The van der Waals surface area contributed by atoms with Crippen molar-refractivity contribution in [3.8, 4) is 23.1 Å². The molecule has 0 saturated carbocycles. The van der Waals surface area contributed by atoms with Crippen LogP contribution < -0.4 is 11.0 Å². The van der Waals surface area contributed by atoms with Gasteiger partial charge in [-0.3, -0.25) is 9.78 Å². The number of hydrogen-bond acceptors (Lipinski definition) is 6. The number of halogens is 3. The number of benzene rings is 2. The molecule has 0 fully saturated rings. The van der Waals surface area contributed by atoms with E-state index < -0.39 is 23.0 Å². The van der Waals surface area contributed by atoms with Crippen molar-refractivity contribution in [2.75, 3.05) is 5.43 Å². The number of H-pyrrole nitrogens is 1. The predicted molar refractivity (Wildman–Crippen MR) is 99.3 cm³/mol. The van der Waals surface area contributed by atoms with E-state index in [1.807, 2.05) is 0 Å². The molecule has 146 valence electrons. The SMILES string of the molecule is N#Cc1c(-c2ccccc2)nc(NN=Cc2cc(O)cc(C(F)(F)F)c2)[nH]c1=O. The van der Waals surface area contributed by atoms with E-state index in [4.69, 9.17) is 0 Å². The fourth-order valence-corrected chi connectivity index (χ4v) is 2.48. The maximum Gasteiger partial charge on any atom is 0.416 e. The van der Waals surface area contributed by atoms with Crippen LogP contribution in [0.3, 0.4) is 0 Å². The van der Waals surface area contributed by atoms with Crippen molar-refractivity contribution in [3.63, 3.8) is 0 Å². The average molecular weight is 399 g/mol. The Bertz CT molecular complexity index is 1170. The molecule has 3 aromatic rings. The quantitative estimate of drug-likeness (QED) is 0.459. The first kappa shape index (κ1) is 19.6. The zero-order valence-electron chi connectivity index (χ0n) is 14.5. The zero-order chi connectivity index (χ0) is 21.0. The topological polar surface area (TPSA) is 114 Å². The standard InChI is InChI=1S/C19H12F3N5O2/c20-19(21,22)13-6-11(7-14(28)8-13)10-24-27-18-25-16(12-4-2-1-3-5-12)15(9-23)17(29)26-18/h1-8,10,28H,(H2,25,26,27,29). The Hall–Kier alpha value is -4.13. The lowest BCUT2D eigenvalue weighted by Gasteiger charge is -2.08. The van der Waals surface area contributed by atoms with Gasteiger partial charge in [-0.1, -0.05) is 30.3 Å². The second-order valence-electron chi connectivity index (χ2n) is 5.80. The predicted octanol–water partition coefficient (Wildman–Crippen LogP) is 3.48. The summed E-state index contributed by atoms with van der Waals surface area (Å²) in [5.41, 5.74) is 1.13. The van der Waals surface area contributed by atoms with Crippen LogP contribution in [0, 0.1) is 11.3 Å². The molecule has 1 heterocycles. The molecule has 0 bridgehead atoms. The highest BCUT2D eigenvalue weighted by molar-refractivity contribution is 5.81. The molecule has 3 rings (SSSR count). The molecule has 2 aromatic carbocycles. The number of anilines is 1. The summed E-state index contributed by atoms with van der Waals surface area (Å²) in [6.45, 7) is 0. The molecule has 1 aromatic heterocycles. The largest absolute Gasteiger partial charge is 0.508 e. The normalized spacial score (nSPS) is 11.4. The Morgan fingerprint density at radius 3 is 2.59 bits per heavy atom. The molecule has 0 spiro atoms. The summed E-state index contributed by atoms with van der Waals surface area (Å²) in [5.74, 6) is -0.683. The Morgan fingerprint density at radius 1 is 1.21 bits per heavy atom. The molecular formula is C19H12F3N5O2. The van der Waals surface area contributed by atoms with Crippen LogP contribution in [0.5, 0.6) is 5.75 Å². The van der Waals surface area contributed by atoms with Gasteiger partial charge in [0.1, 0.15) is 17.4 Å². The minimum atomic E-state index is -4.63. The van der Waals surface area contributed by atoms with E-state index >= 15 is 0 Å². The minimum Gasteiger partial charge on any atom is -0.508 e. The Balaban J connectivity index is 1.91. The van der Waals surface area contributed by atoms with E-state index in [9.17, 15) is 28.3 Å². The van der Waals surface area contributed by atoms with Gasteiger partial charge < -0.3 is 5.11 Å². The third kappa shape index (κ3) is 4.59. The van der Waals surface area contributed by atoms with Crippen molar-refractivity contribution >= 4 is 12.2 Å². The second-order valence-corrected chi connectivity index (χ2v) is 5.80. The number of nitrogens with one attached hydrogen (secondary N) is 2. The number of nitriles is 1. The molecule has 0 aliphatic heterocycles. The van der Waals surface area contributed by atoms with Crippen molar-refractivity contribution in [1.29, 1.82) is 5.26 Å². The van der Waals surface area contributed by atoms with Crippen molar-refractivity contribution in [1.82, 2.24) is 9.97 Å². The lowest BCUT2D eigenvalue weighted by atomic mass is 10.1. The number of aromatic amines is 1. The van der Waals surface area contributed by atoms with Gasteiger partial charge in [0.25, 0.3) is 5.56 Å². The van der Waals surface area contributed by atoms with Crippen LogP contribution in [0.2, 0.25) is 0 Å². The third-order valence-corrected chi connectivity index (χ3v) is 3.73. The number of phenolic OH excluding ortho intramolecular Hbond substituents is 1. The average Bonchev–Trinajstić information content (AvgIpc) is 2.67. The summed E-state index contributed by atoms with van der Waals surface area (Å²) < 4.78 is 38.4. The summed E-state index contributed by atoms with van der Waals surface area (Å²) in [7, 11) is 0. The van der Waals surface area contributed by atoms with Gasteiger partial charge in [0.15, 0.2) is 0 Å². The summed E-state index contributed by atoms with van der Waals surface area (Å²) in [6, 6.07) is 12.8. The zero-order valence-corrected chi connectivity index (χ0v) is 14.5. The van der Waals surface area contributed by atoms with Crippen LogP contribution in [0.25, 0.3) is 11.3 Å². The van der Waals surface area contributed by atoms with Crippen LogP contribution in [0.15, 0.2) is 58.4 Å². The molecule has 0 aliphatic carbocycles. The van der Waals surface area contributed by atoms with Gasteiger partial charge in [0.2, 0.25) is 5.95 Å². The molecule has 0 unspecified atom stereocenters. The number of aromatic nitrogens is 2. The Morgan fingerprint density at radius 2 is 1.93 bits per heavy atom. The first-order valence-electron chi connectivity index (χ1n) is 8.08. The number of nitrogens with zero attached hydrogens (tertiary/aromatic N) is 3. The van der Waals surface area contributed by atoms with E-state index in [1.54, 1.807) is 36.4 Å². The van der Waals surface area contributed by atoms with E-state index in [0.29, 0.717) is 11.6 Å². The summed E-state index contributed by atoms with van der Waals surface area (Å²) in [5, 5.41) is 22.4. The number of hydrogen-bond donors (Lipinski definition) is 3. The van der Waals surface area contributed by atoms with E-state index in [2.05, 4.69) is 20.5 Å². The highest BCUT2D eigenvalue weighted by atomic mass is 19.4. The monoisotopic (exact) mass is 399 g/mol. The van der Waals surface area contributed by atoms with Gasteiger partial charge in [-0.25, -0.2) is 10.4 Å². The van der Waals surface area contributed by atoms with Gasteiger partial charge in [0.05, 0.1) is 17.5 Å². The molecule has 0 atom stereocenters. The van der Waals surface area contributed by atoms with Crippen LogP contribution in [-0.4, -0.2) is 21.3 Å². The Labute approximate surface area is 161 Å². The smallest absolute Gasteiger partial charge is 0.416 e. The third-order valence-electron chi connectivity index (χ3n) is 3.73. The minimum absolute atomic E-state index is 0.0240. The summed E-state index contributed by atoms with van der Waals surface area (Å²) >= 11 is 0. The number of rotatable bonds is 4. The van der Waals surface area contributed by atoms with Crippen LogP contribution in [0.1, 0.15) is 16.7 Å². The fraction of sp³-hybridized carbons (Fsp3) is 0.0526. The van der Waals surface area contributed by atoms with Crippen molar-refractivity contribution < 1.29 is 18.3 Å². The van der Waals surface area contributed by atoms with E-state index in [1.165, 1.54) is 0 Å². The number of alkyl halides is 3. The second kappa shape index (κ2) is 7.85. The lowest BCUT2D eigenvalue weighted by Crippen LogP contribution is -2.16. The van der Waals surface area contributed by atoms with Gasteiger partial charge in [-0.2, -0.15) is 23.5 Å². The van der Waals surface area contributed by atoms with Gasteiger partial charge in [-0.15, -0.1) is 0 Å². The molecule has 0 saturated heterocycles.